The number of nitrogens with zero attached hydrogens (tertiary/aromatic N) is 4. The summed E-state index contributed by atoms with van der Waals surface area (Å²) in [4.78, 5) is 72.8. The summed E-state index contributed by atoms with van der Waals surface area (Å²) < 4.78 is 9.67. The van der Waals surface area contributed by atoms with E-state index in [0.717, 1.165) is 71.0 Å². The number of methoxy groups -OCH3 is 2. The third-order valence-electron chi connectivity index (χ3n) is 13.3. The van der Waals surface area contributed by atoms with Crippen molar-refractivity contribution in [1.82, 2.24) is 40.4 Å². The topological polar surface area (TPSA) is 175 Å². The lowest BCUT2D eigenvalue weighted by atomic mass is 9.83. The fourth-order valence-corrected chi connectivity index (χ4v) is 9.60. The summed E-state index contributed by atoms with van der Waals surface area (Å²) in [5.41, 5.74) is 5.79. The van der Waals surface area contributed by atoms with Gasteiger partial charge in [-0.05, 0) is 89.9 Å². The van der Waals surface area contributed by atoms with Gasteiger partial charge >= 0.3 is 12.2 Å². The zero-order valence-corrected chi connectivity index (χ0v) is 35.9. The molecule has 2 aliphatic heterocycles. The van der Waals surface area contributed by atoms with Gasteiger partial charge in [0.2, 0.25) is 11.8 Å². The van der Waals surface area contributed by atoms with Crippen molar-refractivity contribution in [2.24, 2.45) is 29.1 Å². The van der Waals surface area contributed by atoms with Crippen LogP contribution in [0, 0.1) is 29.1 Å². The van der Waals surface area contributed by atoms with Crippen LogP contribution in [0.4, 0.5) is 9.59 Å². The Morgan fingerprint density at radius 1 is 0.672 bits per heavy atom. The Morgan fingerprint density at radius 3 is 1.59 bits per heavy atom. The number of alkyl carbamates (subject to hydrolysis) is 2. The van der Waals surface area contributed by atoms with E-state index in [2.05, 4.69) is 81.3 Å². The first-order chi connectivity index (χ1) is 29.4. The first-order valence-electron chi connectivity index (χ1n) is 21.6. The first kappa shape index (κ1) is 41.8. The summed E-state index contributed by atoms with van der Waals surface area (Å²) in [6.07, 6.45) is 12.7. The van der Waals surface area contributed by atoms with E-state index >= 15 is 0 Å². The predicted molar refractivity (Wildman–Crippen MR) is 231 cm³/mol. The molecule has 1 spiro atoms. The standard InChI is InChI=1S/C47H58N8O6/c1-27(2)39(52-45(58)60-5)43(56)54-25-34(31-9-10-31)21-37(54)41-48-23-35(50-41)32-15-11-29(12-16-32)30-13-17-33(18-14-30)36-24-49-42(51-36)38-22-47(19-7-8-20-47)26-55(38)44(57)40(28(3)4)53-46(59)61-6/h7-8,11-18,23-24,27-28,31,34,37-40H,9-10,19-22,25-26H2,1-6H3,(H,48,50)(H,49,51)(H,52,58)(H,53,59)/t34-,37-,38-,39-,40-/m0/s1. The van der Waals surface area contributed by atoms with Gasteiger partial charge in [0, 0.05) is 13.1 Å². The molecular weight excluding hydrogens is 773 g/mol. The number of benzene rings is 2. The summed E-state index contributed by atoms with van der Waals surface area (Å²) >= 11 is 0. The van der Waals surface area contributed by atoms with Crippen molar-refractivity contribution in [1.29, 1.82) is 0 Å². The molecule has 4 heterocycles. The predicted octanol–water partition coefficient (Wildman–Crippen LogP) is 7.80. The van der Waals surface area contributed by atoms with Crippen LogP contribution in [0.15, 0.2) is 73.1 Å². The minimum Gasteiger partial charge on any atom is -0.453 e. The summed E-state index contributed by atoms with van der Waals surface area (Å²) in [5.74, 6) is 2.06. The minimum atomic E-state index is -0.714. The third-order valence-corrected chi connectivity index (χ3v) is 13.3. The normalized spacial score (nSPS) is 21.6. The highest BCUT2D eigenvalue weighted by Gasteiger charge is 2.49. The van der Waals surface area contributed by atoms with Gasteiger partial charge in [0.05, 0.1) is 50.1 Å². The Labute approximate surface area is 357 Å². The van der Waals surface area contributed by atoms with E-state index in [1.54, 1.807) is 0 Å². The van der Waals surface area contributed by atoms with Gasteiger partial charge in [0.25, 0.3) is 0 Å². The van der Waals surface area contributed by atoms with Crippen molar-refractivity contribution in [3.05, 3.63) is 84.7 Å². The maximum Gasteiger partial charge on any atom is 0.407 e. The number of imidazole rings is 2. The Bertz CT molecular complexity index is 2250. The summed E-state index contributed by atoms with van der Waals surface area (Å²) in [5, 5.41) is 5.52. The smallest absolute Gasteiger partial charge is 0.407 e. The van der Waals surface area contributed by atoms with E-state index in [0.29, 0.717) is 24.9 Å². The molecule has 1 saturated carbocycles. The van der Waals surface area contributed by atoms with Gasteiger partial charge in [0.1, 0.15) is 23.7 Å². The molecule has 14 heteroatoms. The Hall–Kier alpha value is -5.92. The molecule has 3 fully saturated rings. The van der Waals surface area contributed by atoms with Crippen molar-refractivity contribution in [2.75, 3.05) is 27.3 Å². The van der Waals surface area contributed by atoms with Crippen LogP contribution in [0.2, 0.25) is 0 Å². The largest absolute Gasteiger partial charge is 0.453 e. The maximum atomic E-state index is 14.1. The molecule has 322 valence electrons. The summed E-state index contributed by atoms with van der Waals surface area (Å²) in [6, 6.07) is 14.8. The molecule has 4 aliphatic rings. The summed E-state index contributed by atoms with van der Waals surface area (Å²) in [7, 11) is 2.61. The second-order valence-corrected chi connectivity index (χ2v) is 18.1. The second-order valence-electron chi connectivity index (χ2n) is 18.1. The zero-order valence-electron chi connectivity index (χ0n) is 35.9. The van der Waals surface area contributed by atoms with Crippen molar-refractivity contribution in [3.8, 4) is 33.6 Å². The number of hydrogen-bond acceptors (Lipinski definition) is 8. The van der Waals surface area contributed by atoms with Gasteiger partial charge in [-0.15, -0.1) is 0 Å². The first-order valence-corrected chi connectivity index (χ1v) is 21.6. The van der Waals surface area contributed by atoms with Crippen molar-refractivity contribution < 1.29 is 28.7 Å². The molecular formula is C47H58N8O6. The fourth-order valence-electron chi connectivity index (χ4n) is 9.60. The lowest BCUT2D eigenvalue weighted by Gasteiger charge is -2.30. The fraction of sp³-hybridized carbons (Fsp3) is 0.489. The highest BCUT2D eigenvalue weighted by atomic mass is 16.5. The third kappa shape index (κ3) is 8.67. The number of carbonyl (C=O) groups excluding carboxylic acids is 4. The number of H-pyrrole nitrogens is 2. The van der Waals surface area contributed by atoms with Crippen LogP contribution in [0.3, 0.4) is 0 Å². The number of allylic oxidation sites excluding steroid dienone is 2. The highest BCUT2D eigenvalue weighted by molar-refractivity contribution is 5.87. The number of amides is 4. The molecule has 2 aliphatic carbocycles. The van der Waals surface area contributed by atoms with Gasteiger partial charge in [-0.1, -0.05) is 88.4 Å². The highest BCUT2D eigenvalue weighted by Crippen LogP contribution is 2.50. The quantitative estimate of drug-likeness (QED) is 0.105. The van der Waals surface area contributed by atoms with Crippen LogP contribution in [0.1, 0.15) is 90.0 Å². The lowest BCUT2D eigenvalue weighted by molar-refractivity contribution is -0.136. The van der Waals surface area contributed by atoms with Crippen molar-refractivity contribution in [2.45, 2.75) is 90.4 Å². The Balaban J connectivity index is 0.956. The zero-order chi connectivity index (χ0) is 43.0. The number of likely N-dealkylation sites (tertiary alicyclic amines) is 2. The van der Waals surface area contributed by atoms with Crippen LogP contribution in [-0.2, 0) is 19.1 Å². The molecule has 0 unspecified atom stereocenters. The second kappa shape index (κ2) is 17.2. The molecule has 14 nitrogen and oxygen atoms in total. The lowest BCUT2D eigenvalue weighted by Crippen LogP contribution is -2.51. The van der Waals surface area contributed by atoms with E-state index in [1.165, 1.54) is 27.1 Å². The number of hydrogen-bond donors (Lipinski definition) is 4. The molecule has 2 aromatic carbocycles. The number of ether oxygens (including phenoxy) is 2. The SMILES string of the molecule is COC(=O)N[C@H](C(=O)N1C[C@@H](C2CC2)C[C@H]1c1ncc(-c2ccc(-c3ccc(-c4cnc([C@@H]5CC6(CC=CC6)CN5C(=O)[C@@H](NC(=O)OC)C(C)C)[nH]4)cc3)cc2)[nH]1)C(C)C. The van der Waals surface area contributed by atoms with Gasteiger partial charge in [-0.3, -0.25) is 9.59 Å². The molecule has 8 rings (SSSR count). The molecule has 61 heavy (non-hydrogen) atoms. The van der Waals surface area contributed by atoms with E-state index in [9.17, 15) is 19.2 Å². The average Bonchev–Trinajstić information content (AvgIpc) is 3.81. The molecule has 4 amide bonds. The molecule has 2 saturated heterocycles. The Morgan fingerprint density at radius 2 is 1.13 bits per heavy atom. The minimum absolute atomic E-state index is 0.0450. The van der Waals surface area contributed by atoms with Crippen LogP contribution in [0.5, 0.6) is 0 Å². The van der Waals surface area contributed by atoms with E-state index in [-0.39, 0.29) is 41.1 Å². The van der Waals surface area contributed by atoms with E-state index < -0.39 is 24.3 Å². The molecule has 5 atom stereocenters. The Kier molecular flexibility index (Phi) is 11.8. The van der Waals surface area contributed by atoms with Crippen molar-refractivity contribution in [3.63, 3.8) is 0 Å². The van der Waals surface area contributed by atoms with Gasteiger partial charge in [-0.25, -0.2) is 19.6 Å². The van der Waals surface area contributed by atoms with Crippen LogP contribution < -0.4 is 10.6 Å². The van der Waals surface area contributed by atoms with Gasteiger partial charge in [-0.2, -0.15) is 0 Å². The number of aromatic nitrogens is 4. The molecule has 0 bridgehead atoms. The summed E-state index contributed by atoms with van der Waals surface area (Å²) in [6.45, 7) is 8.95. The number of aromatic amines is 2. The van der Waals surface area contributed by atoms with Gasteiger partial charge < -0.3 is 39.9 Å². The van der Waals surface area contributed by atoms with E-state index in [4.69, 9.17) is 19.4 Å². The molecule has 2 aromatic heterocycles. The van der Waals surface area contributed by atoms with Gasteiger partial charge in [0.15, 0.2) is 0 Å². The van der Waals surface area contributed by atoms with Crippen LogP contribution in [0.25, 0.3) is 33.6 Å². The van der Waals surface area contributed by atoms with Crippen LogP contribution >= 0.6 is 0 Å². The van der Waals surface area contributed by atoms with E-state index in [1.807, 2.05) is 49.9 Å². The average molecular weight is 831 g/mol. The maximum absolute atomic E-state index is 14.1. The molecule has 4 aromatic rings. The molecule has 0 radical (unpaired) electrons. The molecule has 4 N–H and O–H groups in total. The monoisotopic (exact) mass is 830 g/mol. The number of rotatable bonds is 12. The number of nitrogens with one attached hydrogen (secondary N) is 4. The van der Waals surface area contributed by atoms with Crippen LogP contribution in [-0.4, -0.2) is 93.1 Å². The van der Waals surface area contributed by atoms with Crippen molar-refractivity contribution >= 4 is 24.0 Å². The number of carbonyl (C=O) groups is 4.